The molecule has 0 fully saturated rings. The van der Waals surface area contributed by atoms with Gasteiger partial charge in [0, 0.05) is 11.8 Å². The molecule has 0 unspecified atom stereocenters. The van der Waals surface area contributed by atoms with Crippen LogP contribution >= 0.6 is 0 Å². The number of esters is 1. The molecule has 130 valence electrons. The molecule has 0 bridgehead atoms. The Balaban J connectivity index is 2.28. The predicted molar refractivity (Wildman–Crippen MR) is 86.0 cm³/mol. The molecule has 5 nitrogen and oxygen atoms in total. The SMILES string of the molecule is COC(=O)[C@]1(C(F)(F)F)N=C2C=C(C)C=CN2C(c2ccccc2)=N1. The lowest BCUT2D eigenvalue weighted by atomic mass is 10.1. The number of carbonyl (C=O) groups is 1. The Morgan fingerprint density at radius 2 is 1.88 bits per heavy atom. The lowest BCUT2D eigenvalue weighted by Gasteiger charge is -2.36. The van der Waals surface area contributed by atoms with E-state index in [1.807, 2.05) is 0 Å². The van der Waals surface area contributed by atoms with Crippen LogP contribution in [0.1, 0.15) is 12.5 Å². The normalized spacial score (nSPS) is 22.6. The number of alkyl halides is 3. The minimum absolute atomic E-state index is 0.0309. The summed E-state index contributed by atoms with van der Waals surface area (Å²) < 4.78 is 45.8. The molecule has 2 heterocycles. The second-order valence-corrected chi connectivity index (χ2v) is 5.51. The summed E-state index contributed by atoms with van der Waals surface area (Å²) in [6.07, 6.45) is -0.309. The first-order valence-electron chi connectivity index (χ1n) is 7.34. The lowest BCUT2D eigenvalue weighted by molar-refractivity contribution is -0.202. The Kier molecular flexibility index (Phi) is 3.98. The molecule has 0 N–H and O–H groups in total. The van der Waals surface area contributed by atoms with Crippen LogP contribution in [0.2, 0.25) is 0 Å². The molecule has 0 amide bonds. The van der Waals surface area contributed by atoms with E-state index in [1.165, 1.54) is 11.0 Å². The maximum Gasteiger partial charge on any atom is 0.445 e. The highest BCUT2D eigenvalue weighted by Crippen LogP contribution is 2.40. The number of methoxy groups -OCH3 is 1. The predicted octanol–water partition coefficient (Wildman–Crippen LogP) is 3.05. The van der Waals surface area contributed by atoms with Crippen LogP contribution in [0.4, 0.5) is 13.2 Å². The van der Waals surface area contributed by atoms with Gasteiger partial charge in [0.15, 0.2) is 0 Å². The molecular weight excluding hydrogens is 335 g/mol. The molecule has 0 aliphatic carbocycles. The third-order valence-corrected chi connectivity index (χ3v) is 3.76. The highest BCUT2D eigenvalue weighted by Gasteiger charge is 2.64. The monoisotopic (exact) mass is 349 g/mol. The summed E-state index contributed by atoms with van der Waals surface area (Å²) in [6.45, 7) is 1.72. The molecular formula is C17H14F3N3O2. The van der Waals surface area contributed by atoms with Crippen LogP contribution in [0.5, 0.6) is 0 Å². The van der Waals surface area contributed by atoms with Gasteiger partial charge in [-0.3, -0.25) is 4.90 Å². The maximum absolute atomic E-state index is 13.8. The van der Waals surface area contributed by atoms with Gasteiger partial charge in [0.25, 0.3) is 0 Å². The molecule has 1 aromatic rings. The van der Waals surface area contributed by atoms with Crippen LogP contribution in [0.3, 0.4) is 0 Å². The molecule has 2 aliphatic heterocycles. The number of nitrogens with zero attached hydrogens (tertiary/aromatic N) is 3. The quantitative estimate of drug-likeness (QED) is 0.771. The summed E-state index contributed by atoms with van der Waals surface area (Å²) in [5.41, 5.74) is -2.21. The van der Waals surface area contributed by atoms with Gasteiger partial charge in [-0.1, -0.05) is 30.3 Å². The van der Waals surface area contributed by atoms with Gasteiger partial charge in [-0.25, -0.2) is 14.8 Å². The largest absolute Gasteiger partial charge is 0.465 e. The standard InChI is InChI=1S/C17H14F3N3O2/c1-11-8-9-23-13(10-11)21-16(15(24)25-2,17(18,19)20)22-14(23)12-6-4-3-5-7-12/h3-10H,1-2H3/t16-/m0/s1. The first-order chi connectivity index (χ1) is 11.8. The van der Waals surface area contributed by atoms with Crippen LogP contribution in [-0.4, -0.2) is 41.5 Å². The summed E-state index contributed by atoms with van der Waals surface area (Å²) in [5, 5.41) is 0. The Labute approximate surface area is 141 Å². The van der Waals surface area contributed by atoms with Crippen LogP contribution in [0.15, 0.2) is 64.2 Å². The van der Waals surface area contributed by atoms with Crippen molar-refractivity contribution < 1.29 is 22.7 Å². The zero-order valence-corrected chi connectivity index (χ0v) is 13.4. The average Bonchev–Trinajstić information content (AvgIpc) is 2.59. The van der Waals surface area contributed by atoms with Crippen molar-refractivity contribution in [2.75, 3.05) is 7.11 Å². The third-order valence-electron chi connectivity index (χ3n) is 3.76. The van der Waals surface area contributed by atoms with E-state index in [-0.39, 0.29) is 11.7 Å². The van der Waals surface area contributed by atoms with Gasteiger partial charge in [-0.05, 0) is 24.6 Å². The van der Waals surface area contributed by atoms with Crippen molar-refractivity contribution in [3.63, 3.8) is 0 Å². The topological polar surface area (TPSA) is 54.3 Å². The Hall–Kier alpha value is -2.90. The molecule has 3 rings (SSSR count). The lowest BCUT2D eigenvalue weighted by Crippen LogP contribution is -2.55. The van der Waals surface area contributed by atoms with E-state index in [1.54, 1.807) is 49.5 Å². The number of amidine groups is 2. The first-order valence-corrected chi connectivity index (χ1v) is 7.34. The van der Waals surface area contributed by atoms with Gasteiger partial charge in [-0.15, -0.1) is 0 Å². The number of ether oxygens (including phenoxy) is 1. The molecule has 0 radical (unpaired) electrons. The molecule has 0 spiro atoms. The number of carbonyl (C=O) groups excluding carboxylic acids is 1. The van der Waals surface area contributed by atoms with E-state index in [0.717, 1.165) is 7.11 Å². The minimum atomic E-state index is -5.05. The zero-order chi connectivity index (χ0) is 18.2. The van der Waals surface area contributed by atoms with Crippen molar-refractivity contribution >= 4 is 17.6 Å². The first kappa shape index (κ1) is 16.9. The van der Waals surface area contributed by atoms with Crippen LogP contribution in [0, 0.1) is 0 Å². The van der Waals surface area contributed by atoms with Crippen molar-refractivity contribution in [2.24, 2.45) is 9.98 Å². The van der Waals surface area contributed by atoms with Gasteiger partial charge < -0.3 is 4.74 Å². The molecule has 0 aromatic heterocycles. The van der Waals surface area contributed by atoms with Gasteiger partial charge >= 0.3 is 17.8 Å². The number of allylic oxidation sites excluding steroid dienone is 2. The Morgan fingerprint density at radius 3 is 2.48 bits per heavy atom. The summed E-state index contributed by atoms with van der Waals surface area (Å²) in [7, 11) is 0.877. The summed E-state index contributed by atoms with van der Waals surface area (Å²) in [6, 6.07) is 8.30. The maximum atomic E-state index is 13.8. The summed E-state index contributed by atoms with van der Waals surface area (Å²) in [5.74, 6) is -1.65. The van der Waals surface area contributed by atoms with Gasteiger partial charge in [-0.2, -0.15) is 13.2 Å². The fourth-order valence-corrected chi connectivity index (χ4v) is 2.52. The summed E-state index contributed by atoms with van der Waals surface area (Å²) in [4.78, 5) is 20.8. The number of halogens is 3. The highest BCUT2D eigenvalue weighted by atomic mass is 19.4. The number of hydrogen-bond acceptors (Lipinski definition) is 5. The van der Waals surface area contributed by atoms with Crippen molar-refractivity contribution in [3.8, 4) is 0 Å². The smallest absolute Gasteiger partial charge is 0.445 e. The van der Waals surface area contributed by atoms with Crippen molar-refractivity contribution in [2.45, 2.75) is 18.8 Å². The molecule has 2 aliphatic rings. The fourth-order valence-electron chi connectivity index (χ4n) is 2.52. The zero-order valence-electron chi connectivity index (χ0n) is 13.4. The second kappa shape index (κ2) is 5.87. The number of aliphatic imine (C=N–C) groups is 2. The number of rotatable bonds is 2. The van der Waals surface area contributed by atoms with Gasteiger partial charge in [0.1, 0.15) is 11.7 Å². The second-order valence-electron chi connectivity index (χ2n) is 5.51. The van der Waals surface area contributed by atoms with Crippen LogP contribution in [0.25, 0.3) is 0 Å². The molecule has 0 saturated heterocycles. The minimum Gasteiger partial charge on any atom is -0.465 e. The molecule has 8 heteroatoms. The Bertz CT molecular complexity index is 825. The number of hydrogen-bond donors (Lipinski definition) is 0. The van der Waals surface area contributed by atoms with Crippen molar-refractivity contribution in [1.82, 2.24) is 4.90 Å². The van der Waals surface area contributed by atoms with E-state index in [2.05, 4.69) is 14.7 Å². The average molecular weight is 349 g/mol. The van der Waals surface area contributed by atoms with E-state index < -0.39 is 17.8 Å². The van der Waals surface area contributed by atoms with Crippen molar-refractivity contribution in [3.05, 3.63) is 59.8 Å². The molecule has 1 aromatic carbocycles. The Morgan fingerprint density at radius 1 is 1.20 bits per heavy atom. The number of fused-ring (bicyclic) bond motifs is 1. The summed E-state index contributed by atoms with van der Waals surface area (Å²) >= 11 is 0. The highest BCUT2D eigenvalue weighted by molar-refractivity contribution is 6.17. The fraction of sp³-hybridized carbons (Fsp3) is 0.235. The van der Waals surface area contributed by atoms with Crippen LogP contribution < -0.4 is 0 Å². The van der Waals surface area contributed by atoms with Gasteiger partial charge in [0.05, 0.1) is 7.11 Å². The van der Waals surface area contributed by atoms with E-state index >= 15 is 0 Å². The molecule has 1 atom stereocenters. The molecule has 0 saturated carbocycles. The van der Waals surface area contributed by atoms with E-state index in [9.17, 15) is 18.0 Å². The molecule has 25 heavy (non-hydrogen) atoms. The van der Waals surface area contributed by atoms with E-state index in [4.69, 9.17) is 0 Å². The van der Waals surface area contributed by atoms with Crippen LogP contribution in [-0.2, 0) is 9.53 Å². The third kappa shape index (κ3) is 2.73. The van der Waals surface area contributed by atoms with Crippen molar-refractivity contribution in [1.29, 1.82) is 0 Å². The van der Waals surface area contributed by atoms with Gasteiger partial charge in [0.2, 0.25) is 0 Å². The van der Waals surface area contributed by atoms with E-state index in [0.29, 0.717) is 11.1 Å². The number of benzene rings is 1.